The predicted molar refractivity (Wildman–Crippen MR) is 43.9 cm³/mol. The molecule has 0 heterocycles. The molecule has 1 aromatic carbocycles. The van der Waals surface area contributed by atoms with E-state index in [1.165, 1.54) is 6.92 Å². The first-order valence-corrected chi connectivity index (χ1v) is 3.60. The summed E-state index contributed by atoms with van der Waals surface area (Å²) in [6, 6.07) is 2.12. The van der Waals surface area contributed by atoms with E-state index in [0.29, 0.717) is 0 Å². The summed E-state index contributed by atoms with van der Waals surface area (Å²) in [6.45, 7) is 1.30. The van der Waals surface area contributed by atoms with Crippen molar-refractivity contribution in [2.75, 3.05) is 0 Å². The lowest BCUT2D eigenvalue weighted by Gasteiger charge is -2.01. The van der Waals surface area contributed by atoms with E-state index in [9.17, 15) is 8.78 Å². The maximum absolute atomic E-state index is 13.0. The van der Waals surface area contributed by atoms with Crippen LogP contribution in [0, 0.1) is 18.6 Å². The fourth-order valence-electron chi connectivity index (χ4n) is 0.916. The van der Waals surface area contributed by atoms with Crippen molar-refractivity contribution in [3.05, 3.63) is 45.3 Å². The van der Waals surface area contributed by atoms with Crippen LogP contribution in [0.25, 0.3) is 10.4 Å². The third-order valence-corrected chi connectivity index (χ3v) is 1.63. The monoisotopic (exact) mass is 183 g/mol. The van der Waals surface area contributed by atoms with Crippen molar-refractivity contribution in [1.82, 2.24) is 0 Å². The van der Waals surface area contributed by atoms with Gasteiger partial charge in [0.25, 0.3) is 0 Å². The van der Waals surface area contributed by atoms with E-state index in [4.69, 9.17) is 5.53 Å². The number of rotatable bonds is 2. The highest BCUT2D eigenvalue weighted by Crippen LogP contribution is 2.14. The van der Waals surface area contributed by atoms with Crippen molar-refractivity contribution < 1.29 is 8.78 Å². The molecule has 13 heavy (non-hydrogen) atoms. The van der Waals surface area contributed by atoms with E-state index in [2.05, 4.69) is 10.0 Å². The van der Waals surface area contributed by atoms with Gasteiger partial charge in [-0.1, -0.05) is 5.11 Å². The highest BCUT2D eigenvalue weighted by Gasteiger charge is 2.05. The summed E-state index contributed by atoms with van der Waals surface area (Å²) in [6.07, 6.45) is 0. The van der Waals surface area contributed by atoms with E-state index in [1.807, 2.05) is 0 Å². The first-order chi connectivity index (χ1) is 6.15. The molecule has 0 saturated carbocycles. The molecule has 0 aliphatic heterocycles. The number of nitrogens with zero attached hydrogens (tertiary/aromatic N) is 3. The Morgan fingerprint density at radius 2 is 2.08 bits per heavy atom. The maximum atomic E-state index is 13.0. The molecule has 1 rings (SSSR count). The minimum Gasteiger partial charge on any atom is -0.207 e. The summed E-state index contributed by atoms with van der Waals surface area (Å²) in [7, 11) is 0. The zero-order valence-electron chi connectivity index (χ0n) is 6.96. The van der Waals surface area contributed by atoms with Crippen LogP contribution in [0.1, 0.15) is 11.1 Å². The van der Waals surface area contributed by atoms with Gasteiger partial charge in [-0.15, -0.1) is 0 Å². The molecule has 0 saturated heterocycles. The molecular weight excluding hydrogens is 176 g/mol. The Kier molecular flexibility index (Phi) is 2.82. The molecule has 0 atom stereocenters. The van der Waals surface area contributed by atoms with E-state index in [-0.39, 0.29) is 17.7 Å². The smallest absolute Gasteiger partial charge is 0.126 e. The van der Waals surface area contributed by atoms with Crippen LogP contribution in [0.3, 0.4) is 0 Å². The molecule has 3 nitrogen and oxygen atoms in total. The Balaban J connectivity index is 3.07. The lowest BCUT2D eigenvalue weighted by Crippen LogP contribution is -1.92. The minimum absolute atomic E-state index is 0.0703. The molecule has 5 heteroatoms. The number of halogens is 2. The average molecular weight is 183 g/mol. The topological polar surface area (TPSA) is 48.8 Å². The van der Waals surface area contributed by atoms with Gasteiger partial charge in [-0.05, 0) is 35.7 Å². The Labute approximate surface area is 73.6 Å². The normalized spacial score (nSPS) is 9.46. The third kappa shape index (κ3) is 2.16. The average Bonchev–Trinajstić information content (AvgIpc) is 2.09. The van der Waals surface area contributed by atoms with Crippen LogP contribution in [-0.2, 0) is 6.54 Å². The van der Waals surface area contributed by atoms with Crippen molar-refractivity contribution in [2.45, 2.75) is 13.5 Å². The summed E-state index contributed by atoms with van der Waals surface area (Å²) < 4.78 is 25.9. The Bertz CT molecular complexity index is 370. The van der Waals surface area contributed by atoms with Gasteiger partial charge in [0.05, 0.1) is 6.54 Å². The number of hydrogen-bond donors (Lipinski definition) is 0. The molecule has 0 unspecified atom stereocenters. The van der Waals surface area contributed by atoms with E-state index in [0.717, 1.165) is 12.1 Å². The second-order valence-corrected chi connectivity index (χ2v) is 2.58. The van der Waals surface area contributed by atoms with Gasteiger partial charge in [0, 0.05) is 4.91 Å². The van der Waals surface area contributed by atoms with Crippen LogP contribution in [0.15, 0.2) is 17.2 Å². The van der Waals surface area contributed by atoms with Crippen molar-refractivity contribution in [3.63, 3.8) is 0 Å². The SMILES string of the molecule is Cc1cc(F)c(CN=[N+]=[N-])cc1F. The lowest BCUT2D eigenvalue weighted by molar-refractivity contribution is 0.579. The molecule has 1 aromatic rings. The van der Waals surface area contributed by atoms with E-state index < -0.39 is 11.6 Å². The number of hydrogen-bond acceptors (Lipinski definition) is 1. The number of aryl methyl sites for hydroxylation is 1. The molecule has 0 aliphatic rings. The van der Waals surface area contributed by atoms with Crippen LogP contribution in [0.2, 0.25) is 0 Å². The summed E-state index contributed by atoms with van der Waals surface area (Å²) in [5.41, 5.74) is 8.29. The Hall–Kier alpha value is -1.61. The quantitative estimate of drug-likeness (QED) is 0.384. The molecule has 0 spiro atoms. The highest BCUT2D eigenvalue weighted by molar-refractivity contribution is 5.25. The van der Waals surface area contributed by atoms with Crippen molar-refractivity contribution >= 4 is 0 Å². The lowest BCUT2D eigenvalue weighted by atomic mass is 10.1. The Morgan fingerprint density at radius 3 is 2.69 bits per heavy atom. The molecule has 0 aliphatic carbocycles. The first-order valence-electron chi connectivity index (χ1n) is 3.60. The van der Waals surface area contributed by atoms with E-state index in [1.54, 1.807) is 0 Å². The third-order valence-electron chi connectivity index (χ3n) is 1.63. The minimum atomic E-state index is -0.550. The van der Waals surface area contributed by atoms with Gasteiger partial charge in [0.2, 0.25) is 0 Å². The highest BCUT2D eigenvalue weighted by atomic mass is 19.1. The molecule has 0 amide bonds. The fraction of sp³-hybridized carbons (Fsp3) is 0.250. The summed E-state index contributed by atoms with van der Waals surface area (Å²) in [5, 5.41) is 3.15. The van der Waals surface area contributed by atoms with Crippen LogP contribution in [0.5, 0.6) is 0 Å². The van der Waals surface area contributed by atoms with Gasteiger partial charge >= 0.3 is 0 Å². The molecule has 68 valence electrons. The fourth-order valence-corrected chi connectivity index (χ4v) is 0.916. The molecule has 0 aromatic heterocycles. The van der Waals surface area contributed by atoms with Crippen molar-refractivity contribution in [2.24, 2.45) is 5.11 Å². The van der Waals surface area contributed by atoms with Crippen molar-refractivity contribution in [3.8, 4) is 0 Å². The first kappa shape index (κ1) is 9.48. The summed E-state index contributed by atoms with van der Waals surface area (Å²) in [5.74, 6) is -1.05. The Morgan fingerprint density at radius 1 is 1.38 bits per heavy atom. The van der Waals surface area contributed by atoms with Gasteiger partial charge in [0.1, 0.15) is 11.6 Å². The van der Waals surface area contributed by atoms with Gasteiger partial charge in [0.15, 0.2) is 0 Å². The van der Waals surface area contributed by atoms with Gasteiger partial charge in [-0.25, -0.2) is 8.78 Å². The summed E-state index contributed by atoms with van der Waals surface area (Å²) in [4.78, 5) is 2.46. The van der Waals surface area contributed by atoms with Crippen LogP contribution < -0.4 is 0 Å². The summed E-state index contributed by atoms with van der Waals surface area (Å²) >= 11 is 0. The zero-order valence-corrected chi connectivity index (χ0v) is 6.96. The number of azide groups is 1. The maximum Gasteiger partial charge on any atom is 0.126 e. The van der Waals surface area contributed by atoms with Crippen LogP contribution >= 0.6 is 0 Å². The molecule has 0 bridgehead atoms. The predicted octanol–water partition coefficient (Wildman–Crippen LogP) is 3.08. The number of benzene rings is 1. The van der Waals surface area contributed by atoms with Crippen molar-refractivity contribution in [1.29, 1.82) is 0 Å². The van der Waals surface area contributed by atoms with Crippen LogP contribution in [-0.4, -0.2) is 0 Å². The van der Waals surface area contributed by atoms with E-state index >= 15 is 0 Å². The second kappa shape index (κ2) is 3.87. The second-order valence-electron chi connectivity index (χ2n) is 2.58. The van der Waals surface area contributed by atoms with Gasteiger partial charge in [-0.3, -0.25) is 0 Å². The van der Waals surface area contributed by atoms with Gasteiger partial charge < -0.3 is 0 Å². The largest absolute Gasteiger partial charge is 0.207 e. The zero-order chi connectivity index (χ0) is 9.84. The molecular formula is C8H7F2N3. The molecule has 0 radical (unpaired) electrons. The van der Waals surface area contributed by atoms with Gasteiger partial charge in [-0.2, -0.15) is 0 Å². The molecule has 0 N–H and O–H groups in total. The standard InChI is InChI=1S/C8H7F2N3/c1-5-2-8(10)6(3-7(5)9)4-12-13-11/h2-3H,4H2,1H3. The molecule has 0 fully saturated rings. The van der Waals surface area contributed by atoms with Crippen LogP contribution in [0.4, 0.5) is 8.78 Å².